The van der Waals surface area contributed by atoms with Crippen molar-refractivity contribution in [2.45, 2.75) is 62.5 Å². The summed E-state index contributed by atoms with van der Waals surface area (Å²) >= 11 is 0. The number of likely N-dealkylation sites (tertiary alicyclic amines) is 1. The van der Waals surface area contributed by atoms with Crippen molar-refractivity contribution in [2.24, 2.45) is 5.92 Å². The Kier molecular flexibility index (Phi) is 5.40. The zero-order chi connectivity index (χ0) is 26.1. The van der Waals surface area contributed by atoms with Gasteiger partial charge >= 0.3 is 5.97 Å². The molecule has 2 bridgehead atoms. The molecule has 2 aromatic heterocycles. The number of esters is 1. The second-order valence-corrected chi connectivity index (χ2v) is 12.3. The van der Waals surface area contributed by atoms with Crippen LogP contribution in [0.1, 0.15) is 56.0 Å². The summed E-state index contributed by atoms with van der Waals surface area (Å²) < 4.78 is 13.4. The van der Waals surface area contributed by atoms with Crippen LogP contribution in [0.2, 0.25) is 0 Å². The summed E-state index contributed by atoms with van der Waals surface area (Å²) in [6.45, 7) is 9.07. The molecule has 200 valence electrons. The molecule has 1 aliphatic carbocycles. The molecular formula is C30H37N5O3. The number of fused-ring (bicyclic) bond motifs is 2. The highest BCUT2D eigenvalue weighted by molar-refractivity contribution is 5.72. The van der Waals surface area contributed by atoms with E-state index in [4.69, 9.17) is 19.6 Å². The summed E-state index contributed by atoms with van der Waals surface area (Å²) in [5.74, 6) is 0.763. The maximum absolute atomic E-state index is 12.0. The van der Waals surface area contributed by atoms with Gasteiger partial charge in [0.15, 0.2) is 11.5 Å². The van der Waals surface area contributed by atoms with Gasteiger partial charge in [-0.25, -0.2) is 9.50 Å². The summed E-state index contributed by atoms with van der Waals surface area (Å²) in [6.07, 6.45) is 6.84. The molecule has 0 spiro atoms. The predicted molar refractivity (Wildman–Crippen MR) is 144 cm³/mol. The minimum absolute atomic E-state index is 0.0262. The lowest BCUT2D eigenvalue weighted by Gasteiger charge is -2.51. The second-order valence-electron chi connectivity index (χ2n) is 12.3. The van der Waals surface area contributed by atoms with E-state index < -0.39 is 5.60 Å². The van der Waals surface area contributed by atoms with Crippen molar-refractivity contribution < 1.29 is 14.3 Å². The molecule has 0 radical (unpaired) electrons. The van der Waals surface area contributed by atoms with E-state index in [1.807, 2.05) is 4.52 Å². The number of piperidine rings is 1. The van der Waals surface area contributed by atoms with Crippen LogP contribution in [0, 0.1) is 12.8 Å². The molecule has 8 heteroatoms. The average molecular weight is 516 g/mol. The van der Waals surface area contributed by atoms with Crippen LogP contribution in [0.3, 0.4) is 0 Å². The first kappa shape index (κ1) is 24.1. The topological polar surface area (TPSA) is 72.2 Å². The van der Waals surface area contributed by atoms with Gasteiger partial charge in [0.25, 0.3) is 0 Å². The van der Waals surface area contributed by atoms with Gasteiger partial charge in [0, 0.05) is 31.3 Å². The Bertz CT molecular complexity index is 1370. The Morgan fingerprint density at radius 1 is 1.13 bits per heavy atom. The molecule has 1 atom stereocenters. The molecule has 1 aromatic carbocycles. The van der Waals surface area contributed by atoms with E-state index in [1.165, 1.54) is 18.4 Å². The number of aryl methyl sites for hydroxylation is 1. The monoisotopic (exact) mass is 515 g/mol. The third-order valence-electron chi connectivity index (χ3n) is 9.87. The fourth-order valence-corrected chi connectivity index (χ4v) is 7.54. The van der Waals surface area contributed by atoms with Crippen LogP contribution in [0.25, 0.3) is 5.65 Å². The molecule has 5 fully saturated rings. The van der Waals surface area contributed by atoms with Crippen molar-refractivity contribution in [2.75, 3.05) is 44.8 Å². The molecule has 1 saturated carbocycles. The Balaban J connectivity index is 1.08. The van der Waals surface area contributed by atoms with E-state index in [0.29, 0.717) is 6.61 Å². The SMILES string of the molecule is COC(=O)C1CCN(C23COC(c4nc5c(C)cc(N6CC[C@](C)(c7ccccc7)C6)cn5n4)(C2)C3)CC1. The smallest absolute Gasteiger partial charge is 0.308 e. The average Bonchev–Trinajstić information content (AvgIpc) is 3.70. The van der Waals surface area contributed by atoms with E-state index in [0.717, 1.165) is 75.3 Å². The van der Waals surface area contributed by atoms with Crippen molar-refractivity contribution in [1.29, 1.82) is 0 Å². The van der Waals surface area contributed by atoms with E-state index in [1.54, 1.807) is 0 Å². The summed E-state index contributed by atoms with van der Waals surface area (Å²) in [5, 5.41) is 4.99. The van der Waals surface area contributed by atoms with Crippen molar-refractivity contribution in [3.05, 3.63) is 59.5 Å². The number of rotatable bonds is 5. The van der Waals surface area contributed by atoms with Crippen LogP contribution in [0.15, 0.2) is 42.6 Å². The Labute approximate surface area is 223 Å². The number of carbonyl (C=O) groups is 1. The fraction of sp³-hybridized carbons (Fsp3) is 0.567. The summed E-state index contributed by atoms with van der Waals surface area (Å²) in [6, 6.07) is 13.1. The first-order chi connectivity index (χ1) is 18.3. The Morgan fingerprint density at radius 2 is 1.89 bits per heavy atom. The van der Waals surface area contributed by atoms with Gasteiger partial charge in [-0.1, -0.05) is 37.3 Å². The van der Waals surface area contributed by atoms with Crippen LogP contribution in [0.5, 0.6) is 0 Å². The molecule has 8 nitrogen and oxygen atoms in total. The molecule has 3 aromatic rings. The molecule has 8 rings (SSSR count). The van der Waals surface area contributed by atoms with Gasteiger partial charge in [-0.2, -0.15) is 0 Å². The standard InChI is InChI=1S/C30H37N5O3/c1-21-15-24(33-14-11-28(2,19-33)23-7-5-4-6-8-23)16-35-25(21)31-27(32-35)30-17-29(18-30,20-38-30)34-12-9-22(10-13-34)26(36)37-3/h4-8,15-16,22H,9-14,17-20H2,1-3H3/t28-,29?,30?/m0/s1. The summed E-state index contributed by atoms with van der Waals surface area (Å²) in [5.41, 5.74) is 4.47. The Morgan fingerprint density at radius 3 is 2.63 bits per heavy atom. The lowest BCUT2D eigenvalue weighted by atomic mass is 9.66. The molecule has 4 aliphatic heterocycles. The van der Waals surface area contributed by atoms with Crippen molar-refractivity contribution in [1.82, 2.24) is 19.5 Å². The predicted octanol–water partition coefficient (Wildman–Crippen LogP) is 3.85. The molecule has 5 aliphatic rings. The summed E-state index contributed by atoms with van der Waals surface area (Å²) in [4.78, 5) is 22.0. The van der Waals surface area contributed by atoms with Gasteiger partial charge in [0.05, 0.1) is 37.1 Å². The van der Waals surface area contributed by atoms with Gasteiger partial charge in [0.1, 0.15) is 5.60 Å². The lowest BCUT2D eigenvalue weighted by Crippen LogP contribution is -2.60. The normalized spacial score (nSPS) is 31.6. The number of pyridine rings is 1. The minimum atomic E-state index is -0.392. The number of benzene rings is 1. The number of hydrogen-bond donors (Lipinski definition) is 0. The molecular weight excluding hydrogens is 478 g/mol. The largest absolute Gasteiger partial charge is 0.469 e. The van der Waals surface area contributed by atoms with Crippen LogP contribution in [0.4, 0.5) is 5.69 Å². The minimum Gasteiger partial charge on any atom is -0.469 e. The van der Waals surface area contributed by atoms with Crippen molar-refractivity contribution in [3.8, 4) is 0 Å². The van der Waals surface area contributed by atoms with Crippen LogP contribution < -0.4 is 4.90 Å². The van der Waals surface area contributed by atoms with Crippen molar-refractivity contribution in [3.63, 3.8) is 0 Å². The molecule has 0 amide bonds. The maximum Gasteiger partial charge on any atom is 0.308 e. The van der Waals surface area contributed by atoms with Gasteiger partial charge in [-0.05, 0) is 56.5 Å². The number of anilines is 1. The van der Waals surface area contributed by atoms with Crippen LogP contribution >= 0.6 is 0 Å². The van der Waals surface area contributed by atoms with Gasteiger partial charge in [-0.15, -0.1) is 5.10 Å². The van der Waals surface area contributed by atoms with E-state index >= 15 is 0 Å². The van der Waals surface area contributed by atoms with Crippen molar-refractivity contribution >= 4 is 17.3 Å². The first-order valence-electron chi connectivity index (χ1n) is 14.0. The third kappa shape index (κ3) is 3.60. The summed E-state index contributed by atoms with van der Waals surface area (Å²) in [7, 11) is 1.48. The third-order valence-corrected chi connectivity index (χ3v) is 9.87. The maximum atomic E-state index is 12.0. The molecule has 38 heavy (non-hydrogen) atoms. The zero-order valence-corrected chi connectivity index (χ0v) is 22.7. The van der Waals surface area contributed by atoms with Gasteiger partial charge in [-0.3, -0.25) is 9.69 Å². The highest BCUT2D eigenvalue weighted by atomic mass is 16.5. The Hall–Kier alpha value is -2.97. The number of hydrogen-bond acceptors (Lipinski definition) is 7. The number of carbonyl (C=O) groups excluding carboxylic acids is 1. The van der Waals surface area contributed by atoms with Gasteiger partial charge < -0.3 is 14.4 Å². The molecule has 0 N–H and O–H groups in total. The molecule has 6 heterocycles. The highest BCUT2D eigenvalue weighted by Crippen LogP contribution is 2.60. The molecule has 4 saturated heterocycles. The van der Waals surface area contributed by atoms with Crippen LogP contribution in [-0.4, -0.2) is 70.9 Å². The number of ether oxygens (including phenoxy) is 2. The highest BCUT2D eigenvalue weighted by Gasteiger charge is 2.67. The van der Waals surface area contributed by atoms with E-state index in [2.05, 4.69) is 66.2 Å². The number of aromatic nitrogens is 3. The molecule has 0 unspecified atom stereocenters. The fourth-order valence-electron chi connectivity index (χ4n) is 7.54. The number of nitrogens with zero attached hydrogens (tertiary/aromatic N) is 5. The van der Waals surface area contributed by atoms with E-state index in [9.17, 15) is 4.79 Å². The van der Waals surface area contributed by atoms with Gasteiger partial charge in [0.2, 0.25) is 0 Å². The van der Waals surface area contributed by atoms with E-state index in [-0.39, 0.29) is 22.8 Å². The second kappa shape index (κ2) is 8.52. The van der Waals surface area contributed by atoms with Crippen LogP contribution in [-0.2, 0) is 25.3 Å². The number of methoxy groups -OCH3 is 1. The first-order valence-corrected chi connectivity index (χ1v) is 14.0. The lowest BCUT2D eigenvalue weighted by molar-refractivity contribution is -0.148. The zero-order valence-electron chi connectivity index (χ0n) is 22.7. The quantitative estimate of drug-likeness (QED) is 0.478.